The van der Waals surface area contributed by atoms with E-state index in [9.17, 15) is 39.0 Å². The van der Waals surface area contributed by atoms with E-state index in [1.165, 1.54) is 62.4 Å². The number of esters is 4. The first kappa shape index (κ1) is 36.3. The fourth-order valence-corrected chi connectivity index (χ4v) is 2.62. The van der Waals surface area contributed by atoms with Crippen molar-refractivity contribution in [2.24, 2.45) is 0 Å². The third kappa shape index (κ3) is 12.8. The summed E-state index contributed by atoms with van der Waals surface area (Å²) in [6.45, 7) is 9.14. The molecule has 0 heterocycles. The Hall–Kier alpha value is -4.74. The minimum atomic E-state index is -1.47. The van der Waals surface area contributed by atoms with Crippen LogP contribution in [0.1, 0.15) is 55.3 Å². The second kappa shape index (κ2) is 18.5. The smallest absolute Gasteiger partial charge is 0.545 e. The van der Waals surface area contributed by atoms with Crippen LogP contribution >= 0.6 is 0 Å². The van der Waals surface area contributed by atoms with Crippen molar-refractivity contribution in [1.29, 1.82) is 0 Å². The van der Waals surface area contributed by atoms with E-state index in [0.717, 1.165) is 0 Å². The van der Waals surface area contributed by atoms with Gasteiger partial charge in [0.05, 0.1) is 23.1 Å². The molecule has 0 spiro atoms. The summed E-state index contributed by atoms with van der Waals surface area (Å²) in [5.41, 5.74) is -0.262. The van der Waals surface area contributed by atoms with Crippen LogP contribution in [0.4, 0.5) is 0 Å². The minimum Gasteiger partial charge on any atom is -0.545 e. The molecule has 0 saturated carbocycles. The molecular weight excluding hydrogens is 592 g/mol. The summed E-state index contributed by atoms with van der Waals surface area (Å²) in [6.07, 6.45) is 0. The molecular formula is C28H26CuO12. The molecule has 2 aromatic rings. The zero-order chi connectivity index (χ0) is 30.2. The number of benzene rings is 2. The Morgan fingerprint density at radius 3 is 1.10 bits per heavy atom. The molecule has 0 N–H and O–H groups in total. The van der Waals surface area contributed by atoms with Gasteiger partial charge in [-0.3, -0.25) is 0 Å². The molecule has 0 atom stereocenters. The maximum Gasteiger partial charge on any atom is 2.00 e. The molecule has 0 aliphatic carbocycles. The van der Waals surface area contributed by atoms with Crippen LogP contribution in [0.15, 0.2) is 72.8 Å². The number of carbonyl (C=O) groups excluding carboxylic acids is 6. The van der Waals surface area contributed by atoms with Crippen LogP contribution in [-0.4, -0.2) is 62.2 Å². The summed E-state index contributed by atoms with van der Waals surface area (Å²) < 4.78 is 19.1. The molecule has 0 amide bonds. The molecule has 0 saturated heterocycles. The van der Waals surface area contributed by atoms with E-state index in [2.05, 4.69) is 13.2 Å². The summed E-state index contributed by atoms with van der Waals surface area (Å²) in [6, 6.07) is 11.1. The molecule has 2 aromatic carbocycles. The standard InChI is InChI=1S/2C14H14O6.Cu/c2*1-9(2)13(17)19-7-8-20-14(18)11-6-4-3-5-10(11)12(15)16;/h2*3-6H,1,7-8H2,2H3,(H,15,16);/q;;+2/p-2. The van der Waals surface area contributed by atoms with E-state index in [-0.39, 0.29) is 76.9 Å². The Morgan fingerprint density at radius 2 is 0.829 bits per heavy atom. The third-order valence-corrected chi connectivity index (χ3v) is 4.53. The SMILES string of the molecule is C=C(C)C(=O)OCCOC(=O)c1ccccc1C(=O)[O-].C=C(C)C(=O)OCCOC(=O)c1ccccc1C(=O)[O-].[Cu+2]. The van der Waals surface area contributed by atoms with Gasteiger partial charge in [0, 0.05) is 22.3 Å². The minimum absolute atomic E-state index is 0. The van der Waals surface area contributed by atoms with E-state index in [1.54, 1.807) is 0 Å². The number of aromatic carboxylic acids is 2. The van der Waals surface area contributed by atoms with Crippen LogP contribution in [0.25, 0.3) is 0 Å². The van der Waals surface area contributed by atoms with Gasteiger partial charge < -0.3 is 38.7 Å². The predicted octanol–water partition coefficient (Wildman–Crippen LogP) is 0.650. The molecule has 221 valence electrons. The van der Waals surface area contributed by atoms with Crippen molar-refractivity contribution in [3.63, 3.8) is 0 Å². The first-order chi connectivity index (χ1) is 18.9. The molecule has 12 nitrogen and oxygen atoms in total. The monoisotopic (exact) mass is 617 g/mol. The zero-order valence-electron chi connectivity index (χ0n) is 22.1. The van der Waals surface area contributed by atoms with E-state index >= 15 is 0 Å². The van der Waals surface area contributed by atoms with Crippen LogP contribution < -0.4 is 10.2 Å². The van der Waals surface area contributed by atoms with Gasteiger partial charge in [-0.2, -0.15) is 0 Å². The number of rotatable bonds is 12. The number of hydrogen-bond acceptors (Lipinski definition) is 12. The number of hydrogen-bond donors (Lipinski definition) is 0. The van der Waals surface area contributed by atoms with Crippen molar-refractivity contribution in [3.05, 3.63) is 95.1 Å². The van der Waals surface area contributed by atoms with Crippen molar-refractivity contribution >= 4 is 35.8 Å². The van der Waals surface area contributed by atoms with E-state index in [4.69, 9.17) is 18.9 Å². The first-order valence-electron chi connectivity index (χ1n) is 11.5. The van der Waals surface area contributed by atoms with Crippen LogP contribution in [0.3, 0.4) is 0 Å². The largest absolute Gasteiger partial charge is 2.00 e. The van der Waals surface area contributed by atoms with Gasteiger partial charge in [0.15, 0.2) is 0 Å². The van der Waals surface area contributed by atoms with Crippen molar-refractivity contribution in [1.82, 2.24) is 0 Å². The van der Waals surface area contributed by atoms with Gasteiger partial charge in [-0.05, 0) is 26.0 Å². The first-order valence-corrected chi connectivity index (χ1v) is 11.5. The van der Waals surface area contributed by atoms with E-state index in [1.807, 2.05) is 0 Å². The van der Waals surface area contributed by atoms with Gasteiger partial charge in [-0.15, -0.1) is 0 Å². The summed E-state index contributed by atoms with van der Waals surface area (Å²) in [5.74, 6) is -5.75. The average Bonchev–Trinajstić information content (AvgIpc) is 2.92. The zero-order valence-corrected chi connectivity index (χ0v) is 23.0. The van der Waals surface area contributed by atoms with Crippen molar-refractivity contribution in [2.75, 3.05) is 26.4 Å². The Labute approximate surface area is 246 Å². The normalized spacial score (nSPS) is 9.41. The van der Waals surface area contributed by atoms with Crippen molar-refractivity contribution < 1.29 is 75.0 Å². The predicted molar refractivity (Wildman–Crippen MR) is 134 cm³/mol. The Kier molecular flexibility index (Phi) is 16.4. The van der Waals surface area contributed by atoms with Crippen molar-refractivity contribution in [2.45, 2.75) is 13.8 Å². The van der Waals surface area contributed by atoms with Gasteiger partial charge in [-0.25, -0.2) is 19.2 Å². The maximum atomic E-state index is 11.7. The second-order valence-corrected chi connectivity index (χ2v) is 7.77. The van der Waals surface area contributed by atoms with Gasteiger partial charge in [0.25, 0.3) is 0 Å². The van der Waals surface area contributed by atoms with Crippen LogP contribution in [0.5, 0.6) is 0 Å². The Morgan fingerprint density at radius 1 is 0.561 bits per heavy atom. The van der Waals surface area contributed by atoms with Crippen molar-refractivity contribution in [3.8, 4) is 0 Å². The summed E-state index contributed by atoms with van der Waals surface area (Å²) in [4.78, 5) is 67.1. The molecule has 0 aliphatic heterocycles. The molecule has 0 aromatic heterocycles. The summed E-state index contributed by atoms with van der Waals surface area (Å²) >= 11 is 0. The van der Waals surface area contributed by atoms with Crippen LogP contribution in [0.2, 0.25) is 0 Å². The molecule has 13 heteroatoms. The van der Waals surface area contributed by atoms with Gasteiger partial charge in [-0.1, -0.05) is 49.6 Å². The topological polar surface area (TPSA) is 185 Å². The molecule has 0 bridgehead atoms. The fourth-order valence-electron chi connectivity index (χ4n) is 2.62. The van der Waals surface area contributed by atoms with Gasteiger partial charge >= 0.3 is 40.9 Å². The second-order valence-electron chi connectivity index (χ2n) is 7.77. The molecule has 0 unspecified atom stereocenters. The number of carbonyl (C=O) groups is 6. The maximum absolute atomic E-state index is 11.7. The van der Waals surface area contributed by atoms with E-state index < -0.39 is 35.8 Å². The number of carboxylic acids is 2. The summed E-state index contributed by atoms with van der Waals surface area (Å²) in [5, 5.41) is 21.6. The molecule has 41 heavy (non-hydrogen) atoms. The fraction of sp³-hybridized carbons (Fsp3) is 0.214. The number of ether oxygens (including phenoxy) is 4. The average molecular weight is 618 g/mol. The van der Waals surface area contributed by atoms with Gasteiger partial charge in [0.1, 0.15) is 26.4 Å². The van der Waals surface area contributed by atoms with Crippen LogP contribution in [0, 0.1) is 0 Å². The molecule has 2 rings (SSSR count). The third-order valence-electron chi connectivity index (χ3n) is 4.53. The Bertz CT molecular complexity index is 1200. The van der Waals surface area contributed by atoms with E-state index in [0.29, 0.717) is 0 Å². The molecule has 0 fully saturated rings. The quantitative estimate of drug-likeness (QED) is 0.107. The molecule has 0 aliphatic rings. The summed E-state index contributed by atoms with van der Waals surface area (Å²) in [7, 11) is 0. The van der Waals surface area contributed by atoms with Crippen LogP contribution in [-0.2, 0) is 45.6 Å². The molecule has 1 radical (unpaired) electrons. The number of carboxylic acid groups (broad SMARTS) is 2. The Balaban J connectivity index is 0.000000762. The van der Waals surface area contributed by atoms with Gasteiger partial charge in [0.2, 0.25) is 0 Å².